The first-order chi connectivity index (χ1) is 9.97. The normalized spacial score (nSPS) is 10.0. The Morgan fingerprint density at radius 2 is 1.81 bits per heavy atom. The lowest BCUT2D eigenvalue weighted by Gasteiger charge is -2.12. The van der Waals surface area contributed by atoms with Crippen molar-refractivity contribution in [3.63, 3.8) is 0 Å². The molecule has 0 aliphatic carbocycles. The van der Waals surface area contributed by atoms with Gasteiger partial charge in [-0.25, -0.2) is 14.0 Å². The van der Waals surface area contributed by atoms with Crippen LogP contribution in [0.4, 0.5) is 20.6 Å². The van der Waals surface area contributed by atoms with Crippen molar-refractivity contribution >= 4 is 23.4 Å². The minimum Gasteiger partial charge on any atom is -0.478 e. The Morgan fingerprint density at radius 3 is 2.48 bits per heavy atom. The molecule has 0 bridgehead atoms. The first-order valence-electron chi connectivity index (χ1n) is 6.14. The summed E-state index contributed by atoms with van der Waals surface area (Å²) in [6, 6.07) is 9.44. The summed E-state index contributed by atoms with van der Waals surface area (Å²) in [5.74, 6) is -1.62. The summed E-state index contributed by atoms with van der Waals surface area (Å²) in [4.78, 5) is 23.0. The van der Waals surface area contributed by atoms with Gasteiger partial charge in [-0.3, -0.25) is 0 Å². The lowest BCUT2D eigenvalue weighted by molar-refractivity contribution is 0.0698. The molecular formula is C15H13FN2O3. The van der Waals surface area contributed by atoms with Gasteiger partial charge in [0.2, 0.25) is 0 Å². The average Bonchev–Trinajstić information content (AvgIpc) is 2.40. The standard InChI is InChI=1S/C15H13FN2O3/c1-9-4-2-7-12(14(19)20)13(9)18-15(21)17-11-6-3-5-10(16)8-11/h2-8H,1H3,(H,19,20)(H2,17,18,21). The third-order valence-corrected chi connectivity index (χ3v) is 2.82. The quantitative estimate of drug-likeness (QED) is 0.809. The fraction of sp³-hybridized carbons (Fsp3) is 0.0667. The molecule has 0 heterocycles. The molecule has 0 aliphatic heterocycles. The Bertz CT molecular complexity index is 701. The van der Waals surface area contributed by atoms with Gasteiger partial charge in [0.15, 0.2) is 0 Å². The predicted molar refractivity (Wildman–Crippen MR) is 77.2 cm³/mol. The van der Waals surface area contributed by atoms with Crippen LogP contribution >= 0.6 is 0 Å². The van der Waals surface area contributed by atoms with E-state index in [0.717, 1.165) is 6.07 Å². The third kappa shape index (κ3) is 3.56. The van der Waals surface area contributed by atoms with E-state index in [2.05, 4.69) is 10.6 Å². The van der Waals surface area contributed by atoms with Crippen LogP contribution in [0.1, 0.15) is 15.9 Å². The first-order valence-corrected chi connectivity index (χ1v) is 6.14. The van der Waals surface area contributed by atoms with Gasteiger partial charge in [-0.15, -0.1) is 0 Å². The van der Waals surface area contributed by atoms with E-state index in [9.17, 15) is 14.0 Å². The number of benzene rings is 2. The zero-order chi connectivity index (χ0) is 15.4. The number of para-hydroxylation sites is 1. The molecule has 21 heavy (non-hydrogen) atoms. The number of urea groups is 1. The maximum Gasteiger partial charge on any atom is 0.337 e. The fourth-order valence-electron chi connectivity index (χ4n) is 1.85. The number of rotatable bonds is 3. The van der Waals surface area contributed by atoms with Gasteiger partial charge < -0.3 is 15.7 Å². The largest absolute Gasteiger partial charge is 0.478 e. The highest BCUT2D eigenvalue weighted by Crippen LogP contribution is 2.21. The maximum absolute atomic E-state index is 13.0. The zero-order valence-electron chi connectivity index (χ0n) is 11.2. The third-order valence-electron chi connectivity index (χ3n) is 2.82. The molecule has 3 N–H and O–H groups in total. The highest BCUT2D eigenvalue weighted by molar-refractivity contribution is 6.05. The van der Waals surface area contributed by atoms with Crippen LogP contribution in [0, 0.1) is 12.7 Å². The molecule has 0 fully saturated rings. The molecule has 108 valence electrons. The number of halogens is 1. The van der Waals surface area contributed by atoms with Crippen molar-refractivity contribution in [2.45, 2.75) is 6.92 Å². The second-order valence-electron chi connectivity index (χ2n) is 4.39. The fourth-order valence-corrected chi connectivity index (χ4v) is 1.85. The van der Waals surface area contributed by atoms with Crippen molar-refractivity contribution in [3.05, 3.63) is 59.4 Å². The minimum absolute atomic E-state index is 0.00982. The number of aryl methyl sites for hydroxylation is 1. The van der Waals surface area contributed by atoms with Crippen LogP contribution in [0.25, 0.3) is 0 Å². The maximum atomic E-state index is 13.0. The summed E-state index contributed by atoms with van der Waals surface area (Å²) in [5, 5.41) is 14.0. The molecule has 0 aromatic heterocycles. The molecule has 2 rings (SSSR count). The van der Waals surface area contributed by atoms with E-state index in [4.69, 9.17) is 5.11 Å². The van der Waals surface area contributed by atoms with Gasteiger partial charge in [0.25, 0.3) is 0 Å². The molecule has 2 aromatic rings. The number of carbonyl (C=O) groups is 2. The minimum atomic E-state index is -1.14. The van der Waals surface area contributed by atoms with Gasteiger partial charge in [0.1, 0.15) is 5.82 Å². The number of aromatic carboxylic acids is 1. The summed E-state index contributed by atoms with van der Waals surface area (Å²) in [5.41, 5.74) is 1.09. The van der Waals surface area contributed by atoms with Crippen molar-refractivity contribution in [2.75, 3.05) is 10.6 Å². The van der Waals surface area contributed by atoms with E-state index in [1.54, 1.807) is 19.1 Å². The van der Waals surface area contributed by atoms with Crippen molar-refractivity contribution in [2.24, 2.45) is 0 Å². The Kier molecular flexibility index (Phi) is 4.18. The molecule has 0 atom stereocenters. The summed E-state index contributed by atoms with van der Waals surface area (Å²) >= 11 is 0. The molecule has 0 radical (unpaired) electrons. The van der Waals surface area contributed by atoms with E-state index < -0.39 is 17.8 Å². The van der Waals surface area contributed by atoms with Gasteiger partial charge in [-0.2, -0.15) is 0 Å². The van der Waals surface area contributed by atoms with Crippen molar-refractivity contribution in [1.82, 2.24) is 0 Å². The van der Waals surface area contributed by atoms with E-state index in [0.29, 0.717) is 5.56 Å². The molecule has 0 saturated heterocycles. The highest BCUT2D eigenvalue weighted by atomic mass is 19.1. The molecule has 2 aromatic carbocycles. The van der Waals surface area contributed by atoms with Crippen LogP contribution < -0.4 is 10.6 Å². The Labute approximate surface area is 120 Å². The molecular weight excluding hydrogens is 275 g/mol. The van der Waals surface area contributed by atoms with Crippen LogP contribution in [0.15, 0.2) is 42.5 Å². The first kappa shape index (κ1) is 14.5. The Morgan fingerprint density at radius 1 is 1.10 bits per heavy atom. The lowest BCUT2D eigenvalue weighted by atomic mass is 10.1. The summed E-state index contributed by atoms with van der Waals surface area (Å²) < 4.78 is 13.0. The summed E-state index contributed by atoms with van der Waals surface area (Å²) in [6.07, 6.45) is 0. The SMILES string of the molecule is Cc1cccc(C(=O)O)c1NC(=O)Nc1cccc(F)c1. The molecule has 0 spiro atoms. The topological polar surface area (TPSA) is 78.4 Å². The lowest BCUT2D eigenvalue weighted by Crippen LogP contribution is -2.21. The van der Waals surface area contributed by atoms with Gasteiger partial charge in [0, 0.05) is 5.69 Å². The van der Waals surface area contributed by atoms with Gasteiger partial charge in [-0.05, 0) is 36.8 Å². The Balaban J connectivity index is 2.18. The summed E-state index contributed by atoms with van der Waals surface area (Å²) in [7, 11) is 0. The summed E-state index contributed by atoms with van der Waals surface area (Å²) in [6.45, 7) is 1.68. The van der Waals surface area contributed by atoms with Crippen LogP contribution in [0.2, 0.25) is 0 Å². The number of amides is 2. The molecule has 0 unspecified atom stereocenters. The van der Waals surface area contributed by atoms with Crippen LogP contribution in [0.5, 0.6) is 0 Å². The van der Waals surface area contributed by atoms with E-state index in [-0.39, 0.29) is 16.9 Å². The smallest absolute Gasteiger partial charge is 0.337 e. The molecule has 6 heteroatoms. The second-order valence-corrected chi connectivity index (χ2v) is 4.39. The number of carboxylic acid groups (broad SMARTS) is 1. The molecule has 5 nitrogen and oxygen atoms in total. The number of carbonyl (C=O) groups excluding carboxylic acids is 1. The van der Waals surface area contributed by atoms with Crippen molar-refractivity contribution < 1.29 is 19.1 Å². The predicted octanol–water partition coefficient (Wildman–Crippen LogP) is 3.48. The van der Waals surface area contributed by atoms with Gasteiger partial charge in [0.05, 0.1) is 11.3 Å². The van der Waals surface area contributed by atoms with Gasteiger partial charge >= 0.3 is 12.0 Å². The van der Waals surface area contributed by atoms with E-state index in [1.807, 2.05) is 0 Å². The van der Waals surface area contributed by atoms with Crippen LogP contribution in [0.3, 0.4) is 0 Å². The molecule has 0 saturated carbocycles. The number of nitrogens with one attached hydrogen (secondary N) is 2. The molecule has 2 amide bonds. The zero-order valence-corrected chi connectivity index (χ0v) is 11.2. The highest BCUT2D eigenvalue weighted by Gasteiger charge is 2.14. The number of hydrogen-bond donors (Lipinski definition) is 3. The number of anilines is 2. The number of hydrogen-bond acceptors (Lipinski definition) is 2. The van der Waals surface area contributed by atoms with Crippen molar-refractivity contribution in [3.8, 4) is 0 Å². The number of carboxylic acids is 1. The van der Waals surface area contributed by atoms with E-state index >= 15 is 0 Å². The second kappa shape index (κ2) is 6.04. The van der Waals surface area contributed by atoms with Crippen molar-refractivity contribution in [1.29, 1.82) is 0 Å². The monoisotopic (exact) mass is 288 g/mol. The van der Waals surface area contributed by atoms with Crippen LogP contribution in [-0.4, -0.2) is 17.1 Å². The van der Waals surface area contributed by atoms with E-state index in [1.165, 1.54) is 24.3 Å². The van der Waals surface area contributed by atoms with Crippen LogP contribution in [-0.2, 0) is 0 Å². The Hall–Kier alpha value is -2.89. The average molecular weight is 288 g/mol. The van der Waals surface area contributed by atoms with Gasteiger partial charge in [-0.1, -0.05) is 18.2 Å². The molecule has 0 aliphatic rings.